The number of carboxylic acid groups (broad SMARTS) is 1. The fraction of sp³-hybridized carbons (Fsp3) is 0.721. The number of rotatable bonds is 13. The average Bonchev–Trinajstić information content (AvgIpc) is 0.798. The van der Waals surface area contributed by atoms with E-state index in [1.807, 2.05) is 13.8 Å². The van der Waals surface area contributed by atoms with Crippen LogP contribution < -0.4 is 0 Å². The number of aliphatic hydroxyl groups is 10. The summed E-state index contributed by atoms with van der Waals surface area (Å²) in [4.78, 5) is 41.2. The fourth-order valence-electron chi connectivity index (χ4n) is 17.0. The molecule has 5 aliphatic carbocycles. The van der Waals surface area contributed by atoms with Gasteiger partial charge in [-0.2, -0.15) is 0 Å². The molecule has 2 aromatic carbocycles. The number of aliphatic carboxylic acids is 1. The monoisotopic (exact) mass is 1170 g/mol. The molecule has 3 saturated heterocycles. The highest BCUT2D eigenvalue weighted by molar-refractivity contribution is 5.90. The van der Waals surface area contributed by atoms with E-state index in [1.54, 1.807) is 60.7 Å². The van der Waals surface area contributed by atoms with Gasteiger partial charge in [-0.05, 0) is 109 Å². The van der Waals surface area contributed by atoms with E-state index in [-0.39, 0.29) is 23.8 Å². The second-order valence-corrected chi connectivity index (χ2v) is 26.8. The van der Waals surface area contributed by atoms with Gasteiger partial charge in [0, 0.05) is 5.41 Å². The molecular weight excluding hydrogens is 1080 g/mol. The molecule has 10 rings (SSSR count). The van der Waals surface area contributed by atoms with Crippen molar-refractivity contribution in [3.63, 3.8) is 0 Å². The molecule has 0 spiro atoms. The third kappa shape index (κ3) is 10.2. The van der Waals surface area contributed by atoms with Gasteiger partial charge < -0.3 is 94.1 Å². The Labute approximate surface area is 482 Å². The van der Waals surface area contributed by atoms with Crippen LogP contribution in [0.4, 0.5) is 0 Å². The standard InChI is InChI=1S/C61H84O22/c1-56(2)24-32-31-18-19-36-58(5)22-21-38(78-55-47(81-54-43(70)41(68)40(67)34(26-62)77-54)45(44(71)46(80-55)50(72)73)79-53-42(69)39(66)33(64)27-76-53)57(3,4)35(58)20-23-59(36,6)60(31,7)25-37(65)61(32,28-63)49(83-52(75)30-16-12-9-13-17-30)48(56)82-51(74)29-14-10-8-11-15-29/h8-18,32-49,53-55,62-71H,19-28H2,1-7H3,(H,72,73)/t32-,33+,34+,35-,36+,37+,38-,39-,40-,41-,42+,43+,44-,45-,46-,47+,48-,49-,53-,54-,55+,58-,59+,60+,61-/m0/s1. The number of fused-ring (bicyclic) bond motifs is 7. The van der Waals surface area contributed by atoms with E-state index in [0.717, 1.165) is 5.57 Å². The number of carbonyl (C=O) groups is 3. The Morgan fingerprint density at radius 1 is 0.627 bits per heavy atom. The van der Waals surface area contributed by atoms with E-state index in [9.17, 15) is 70.6 Å². The number of hydrogen-bond acceptors (Lipinski definition) is 21. The van der Waals surface area contributed by atoms with Gasteiger partial charge in [0.1, 0.15) is 67.1 Å². The van der Waals surface area contributed by atoms with Crippen molar-refractivity contribution in [2.45, 2.75) is 204 Å². The maximum atomic E-state index is 14.3. The third-order valence-corrected chi connectivity index (χ3v) is 21.7. The molecule has 0 unspecified atom stereocenters. The Hall–Kier alpha value is -4.05. The van der Waals surface area contributed by atoms with E-state index in [2.05, 4.69) is 40.7 Å². The minimum absolute atomic E-state index is 0.00717. The SMILES string of the molecule is CC1(C)C[C@H]2C3=CC[C@@H]4[C@@]5(C)CC[C@H](O[C@@H]6O[C@H](C(=O)O)[C@@H](O)[C@H](O[C@@H]7OC[C@@H](O)[C@H](O)[C@H]7O)[C@H]6O[C@@H]6O[C@H](CO)[C@H](O)[C@H](O)[C@H]6O)C(C)(C)[C@@H]5CC[C@@]4(C)[C@]3(C)C[C@@H](O)[C@@]2(CO)[C@@H](OC(=O)c2ccccc2)[C@@H]1OC(=O)c1ccccc1. The highest BCUT2D eigenvalue weighted by Gasteiger charge is 2.74. The topological polar surface area (TPSA) is 348 Å². The van der Waals surface area contributed by atoms with E-state index in [4.69, 9.17) is 37.9 Å². The fourth-order valence-corrected chi connectivity index (χ4v) is 17.0. The molecule has 3 aliphatic heterocycles. The molecule has 83 heavy (non-hydrogen) atoms. The molecule has 0 bridgehead atoms. The molecule has 8 aliphatic rings. The number of carbonyl (C=O) groups excluding carboxylic acids is 2. The first-order valence-corrected chi connectivity index (χ1v) is 29.1. The van der Waals surface area contributed by atoms with Crippen molar-refractivity contribution < 1.29 is 108 Å². The summed E-state index contributed by atoms with van der Waals surface area (Å²) < 4.78 is 49.5. The lowest BCUT2D eigenvalue weighted by Crippen LogP contribution is -2.72. The van der Waals surface area contributed by atoms with Crippen molar-refractivity contribution in [3.8, 4) is 0 Å². The van der Waals surface area contributed by atoms with Crippen molar-refractivity contribution in [1.29, 1.82) is 0 Å². The summed E-state index contributed by atoms with van der Waals surface area (Å²) >= 11 is 0. The number of hydrogen-bond donors (Lipinski definition) is 11. The Morgan fingerprint density at radius 3 is 1.83 bits per heavy atom. The van der Waals surface area contributed by atoms with Crippen molar-refractivity contribution >= 4 is 17.9 Å². The molecule has 7 fully saturated rings. The highest BCUT2D eigenvalue weighted by Crippen LogP contribution is 2.76. The predicted molar refractivity (Wildman–Crippen MR) is 288 cm³/mol. The van der Waals surface area contributed by atoms with Gasteiger partial charge in [0.25, 0.3) is 0 Å². The van der Waals surface area contributed by atoms with E-state index >= 15 is 0 Å². The molecule has 0 radical (unpaired) electrons. The largest absolute Gasteiger partial charge is 0.479 e. The molecule has 4 saturated carbocycles. The van der Waals surface area contributed by atoms with Crippen molar-refractivity contribution in [2.75, 3.05) is 19.8 Å². The summed E-state index contributed by atoms with van der Waals surface area (Å²) in [5, 5.41) is 122. The lowest BCUT2D eigenvalue weighted by molar-refractivity contribution is -0.392. The van der Waals surface area contributed by atoms with Gasteiger partial charge in [0.2, 0.25) is 0 Å². The van der Waals surface area contributed by atoms with Crippen molar-refractivity contribution in [2.24, 2.45) is 50.2 Å². The van der Waals surface area contributed by atoms with Crippen molar-refractivity contribution in [3.05, 3.63) is 83.4 Å². The molecule has 0 amide bonds. The summed E-state index contributed by atoms with van der Waals surface area (Å²) in [5.74, 6) is -3.55. The van der Waals surface area contributed by atoms with Gasteiger partial charge in [-0.25, -0.2) is 14.4 Å². The summed E-state index contributed by atoms with van der Waals surface area (Å²) in [7, 11) is 0. The van der Waals surface area contributed by atoms with Gasteiger partial charge >= 0.3 is 17.9 Å². The Morgan fingerprint density at radius 2 is 1.23 bits per heavy atom. The van der Waals surface area contributed by atoms with E-state index < -0.39 is 187 Å². The summed E-state index contributed by atoms with van der Waals surface area (Å²) in [6, 6.07) is 16.9. The number of carboxylic acids is 1. The number of ether oxygens (including phenoxy) is 8. The van der Waals surface area contributed by atoms with Crippen LogP contribution in [0.5, 0.6) is 0 Å². The molecule has 460 valence electrons. The van der Waals surface area contributed by atoms with Crippen LogP contribution in [0, 0.1) is 50.2 Å². The quantitative estimate of drug-likeness (QED) is 0.0776. The Balaban J connectivity index is 0.965. The van der Waals surface area contributed by atoms with Gasteiger partial charge in [-0.15, -0.1) is 0 Å². The lowest BCUT2D eigenvalue weighted by atomic mass is 9.33. The summed E-state index contributed by atoms with van der Waals surface area (Å²) in [6.07, 6.45) is -24.2. The van der Waals surface area contributed by atoms with Crippen LogP contribution in [0.3, 0.4) is 0 Å². The van der Waals surface area contributed by atoms with E-state index in [1.165, 1.54) is 0 Å². The average molecular weight is 1170 g/mol. The minimum Gasteiger partial charge on any atom is -0.479 e. The Bertz CT molecular complexity index is 2690. The molecule has 3 heterocycles. The van der Waals surface area contributed by atoms with Gasteiger partial charge in [-0.3, -0.25) is 0 Å². The first kappa shape index (κ1) is 62.0. The molecule has 2 aromatic rings. The predicted octanol–water partition coefficient (Wildman–Crippen LogP) is 1.99. The molecule has 25 atom stereocenters. The molecule has 0 aromatic heterocycles. The maximum absolute atomic E-state index is 14.3. The van der Waals surface area contributed by atoms with Gasteiger partial charge in [0.05, 0.1) is 48.6 Å². The van der Waals surface area contributed by atoms with Crippen LogP contribution in [0.25, 0.3) is 0 Å². The molecule has 22 heteroatoms. The zero-order chi connectivity index (χ0) is 60.1. The van der Waals surface area contributed by atoms with E-state index in [0.29, 0.717) is 44.1 Å². The first-order chi connectivity index (χ1) is 39.1. The van der Waals surface area contributed by atoms with Crippen LogP contribution in [0.2, 0.25) is 0 Å². The first-order valence-electron chi connectivity index (χ1n) is 29.1. The second kappa shape index (κ2) is 22.9. The van der Waals surface area contributed by atoms with Crippen LogP contribution in [-0.2, 0) is 42.7 Å². The zero-order valence-corrected chi connectivity index (χ0v) is 48.0. The van der Waals surface area contributed by atoms with Crippen LogP contribution in [0.15, 0.2) is 72.3 Å². The number of benzene rings is 2. The molecular formula is C61H84O22. The zero-order valence-electron chi connectivity index (χ0n) is 48.0. The highest BCUT2D eigenvalue weighted by atomic mass is 16.8. The Kier molecular flexibility index (Phi) is 17.1. The summed E-state index contributed by atoms with van der Waals surface area (Å²) in [6.45, 7) is 12.9. The smallest absolute Gasteiger partial charge is 0.338 e. The lowest BCUT2D eigenvalue weighted by Gasteiger charge is -2.72. The number of allylic oxidation sites excluding steroid dienone is 2. The minimum atomic E-state index is -2.11. The second-order valence-electron chi connectivity index (χ2n) is 26.8. The van der Waals surface area contributed by atoms with Crippen LogP contribution >= 0.6 is 0 Å². The van der Waals surface area contributed by atoms with Crippen molar-refractivity contribution in [1.82, 2.24) is 0 Å². The molecule has 22 nitrogen and oxygen atoms in total. The van der Waals surface area contributed by atoms with Crippen LogP contribution in [0.1, 0.15) is 114 Å². The normalized spacial score (nSPS) is 46.4. The third-order valence-electron chi connectivity index (χ3n) is 21.7. The maximum Gasteiger partial charge on any atom is 0.338 e. The van der Waals surface area contributed by atoms with Gasteiger partial charge in [0.15, 0.2) is 31.1 Å². The van der Waals surface area contributed by atoms with Gasteiger partial charge in [-0.1, -0.05) is 96.5 Å². The number of aliphatic hydroxyl groups excluding tert-OH is 10. The summed E-state index contributed by atoms with van der Waals surface area (Å²) in [5.41, 5.74) is -3.02. The number of esters is 2. The molecule has 11 N–H and O–H groups in total. The van der Waals surface area contributed by atoms with Crippen LogP contribution in [-0.4, -0.2) is 204 Å².